The molecule has 1 aromatic heterocycles. The van der Waals surface area contributed by atoms with Crippen LogP contribution in [0.5, 0.6) is 0 Å². The number of ether oxygens (including phenoxy) is 1. The van der Waals surface area contributed by atoms with Crippen molar-refractivity contribution >= 4 is 11.7 Å². The molecule has 1 rings (SSSR count). The zero-order chi connectivity index (χ0) is 13.2. The SMILES string of the molecule is CC(C)(C)OC(=O)c1cc(N)cnc1C(F)F. The third-order valence-corrected chi connectivity index (χ3v) is 1.77. The Balaban J connectivity index is 3.11. The van der Waals surface area contributed by atoms with Gasteiger partial charge in [-0.05, 0) is 26.8 Å². The van der Waals surface area contributed by atoms with E-state index in [1.54, 1.807) is 20.8 Å². The average molecular weight is 244 g/mol. The second-order valence-electron chi connectivity index (χ2n) is 4.50. The Kier molecular flexibility index (Phi) is 3.65. The zero-order valence-corrected chi connectivity index (χ0v) is 9.83. The molecular weight excluding hydrogens is 230 g/mol. The van der Waals surface area contributed by atoms with Crippen LogP contribution in [0.25, 0.3) is 0 Å². The molecule has 0 unspecified atom stereocenters. The van der Waals surface area contributed by atoms with Crippen LogP contribution in [0, 0.1) is 0 Å². The maximum atomic E-state index is 12.6. The van der Waals surface area contributed by atoms with Gasteiger partial charge in [-0.2, -0.15) is 0 Å². The predicted molar refractivity (Wildman–Crippen MR) is 58.8 cm³/mol. The summed E-state index contributed by atoms with van der Waals surface area (Å²) in [5.74, 6) is -0.854. The number of hydrogen-bond acceptors (Lipinski definition) is 4. The minimum atomic E-state index is -2.85. The molecule has 4 nitrogen and oxygen atoms in total. The summed E-state index contributed by atoms with van der Waals surface area (Å²) in [6.45, 7) is 4.94. The number of nitrogen functional groups attached to an aromatic ring is 1. The maximum Gasteiger partial charge on any atom is 0.340 e. The van der Waals surface area contributed by atoms with Crippen LogP contribution < -0.4 is 5.73 Å². The first-order valence-electron chi connectivity index (χ1n) is 4.97. The maximum absolute atomic E-state index is 12.6. The van der Waals surface area contributed by atoms with Crippen molar-refractivity contribution in [1.29, 1.82) is 0 Å². The molecule has 0 bridgehead atoms. The largest absolute Gasteiger partial charge is 0.456 e. The second kappa shape index (κ2) is 4.65. The van der Waals surface area contributed by atoms with Crippen LogP contribution >= 0.6 is 0 Å². The van der Waals surface area contributed by atoms with Gasteiger partial charge in [0.2, 0.25) is 0 Å². The summed E-state index contributed by atoms with van der Waals surface area (Å²) >= 11 is 0. The van der Waals surface area contributed by atoms with Gasteiger partial charge in [0.05, 0.1) is 17.4 Å². The number of anilines is 1. The van der Waals surface area contributed by atoms with E-state index in [0.717, 1.165) is 12.3 Å². The standard InChI is InChI=1S/C11H14F2N2O2/c1-11(2,3)17-10(16)7-4-6(14)5-15-8(7)9(12)13/h4-5,9H,14H2,1-3H3. The van der Waals surface area contributed by atoms with Gasteiger partial charge in [0, 0.05) is 0 Å². The lowest BCUT2D eigenvalue weighted by Gasteiger charge is -2.20. The Morgan fingerprint density at radius 3 is 2.53 bits per heavy atom. The first kappa shape index (κ1) is 13.3. The number of hydrogen-bond donors (Lipinski definition) is 1. The molecule has 17 heavy (non-hydrogen) atoms. The lowest BCUT2D eigenvalue weighted by molar-refractivity contribution is 0.00608. The van der Waals surface area contributed by atoms with Crippen LogP contribution in [0.15, 0.2) is 12.3 Å². The van der Waals surface area contributed by atoms with E-state index in [2.05, 4.69) is 4.98 Å². The number of carbonyl (C=O) groups is 1. The molecular formula is C11H14F2N2O2. The van der Waals surface area contributed by atoms with Crippen molar-refractivity contribution in [3.05, 3.63) is 23.5 Å². The molecule has 1 aromatic rings. The van der Waals surface area contributed by atoms with Gasteiger partial charge in [-0.25, -0.2) is 13.6 Å². The highest BCUT2D eigenvalue weighted by atomic mass is 19.3. The van der Waals surface area contributed by atoms with Crippen molar-refractivity contribution in [2.75, 3.05) is 5.73 Å². The number of aromatic nitrogens is 1. The lowest BCUT2D eigenvalue weighted by atomic mass is 10.1. The van der Waals surface area contributed by atoms with Gasteiger partial charge < -0.3 is 10.5 Å². The van der Waals surface area contributed by atoms with Crippen molar-refractivity contribution in [3.63, 3.8) is 0 Å². The summed E-state index contributed by atoms with van der Waals surface area (Å²) in [5, 5.41) is 0. The second-order valence-corrected chi connectivity index (χ2v) is 4.50. The summed E-state index contributed by atoms with van der Waals surface area (Å²) in [6, 6.07) is 1.14. The molecule has 0 aliphatic rings. The number of esters is 1. The quantitative estimate of drug-likeness (QED) is 0.812. The summed E-state index contributed by atoms with van der Waals surface area (Å²) in [5.41, 5.74) is 3.87. The molecule has 6 heteroatoms. The summed E-state index contributed by atoms with van der Waals surface area (Å²) in [7, 11) is 0. The molecule has 0 fully saturated rings. The van der Waals surface area contributed by atoms with E-state index in [9.17, 15) is 13.6 Å². The van der Waals surface area contributed by atoms with Crippen molar-refractivity contribution < 1.29 is 18.3 Å². The smallest absolute Gasteiger partial charge is 0.340 e. The van der Waals surface area contributed by atoms with Crippen LogP contribution in [0.4, 0.5) is 14.5 Å². The predicted octanol–water partition coefficient (Wildman–Crippen LogP) is 2.56. The topological polar surface area (TPSA) is 65.2 Å². The molecule has 0 saturated heterocycles. The minimum absolute atomic E-state index is 0.134. The lowest BCUT2D eigenvalue weighted by Crippen LogP contribution is -2.25. The average Bonchev–Trinajstić information content (AvgIpc) is 2.14. The summed E-state index contributed by atoms with van der Waals surface area (Å²) < 4.78 is 30.3. The van der Waals surface area contributed by atoms with Gasteiger partial charge in [-0.15, -0.1) is 0 Å². The number of halogens is 2. The third-order valence-electron chi connectivity index (χ3n) is 1.77. The summed E-state index contributed by atoms with van der Waals surface area (Å²) in [4.78, 5) is 15.1. The molecule has 0 aromatic carbocycles. The van der Waals surface area contributed by atoms with Gasteiger partial charge in [-0.1, -0.05) is 0 Å². The van der Waals surface area contributed by atoms with E-state index in [0.29, 0.717) is 0 Å². The third kappa shape index (κ3) is 3.65. The molecule has 0 atom stereocenters. The summed E-state index contributed by atoms with van der Waals surface area (Å²) in [6.07, 6.45) is -1.77. The van der Waals surface area contributed by atoms with E-state index in [4.69, 9.17) is 10.5 Å². The minimum Gasteiger partial charge on any atom is -0.456 e. The van der Waals surface area contributed by atoms with E-state index >= 15 is 0 Å². The Labute approximate surface area is 97.8 Å². The number of carbonyl (C=O) groups excluding carboxylic acids is 1. The highest BCUT2D eigenvalue weighted by Gasteiger charge is 2.25. The molecule has 0 aliphatic heterocycles. The van der Waals surface area contributed by atoms with Gasteiger partial charge in [0.1, 0.15) is 11.3 Å². The zero-order valence-electron chi connectivity index (χ0n) is 9.83. The van der Waals surface area contributed by atoms with Gasteiger partial charge >= 0.3 is 5.97 Å². The Morgan fingerprint density at radius 2 is 2.06 bits per heavy atom. The number of pyridine rings is 1. The fraction of sp³-hybridized carbons (Fsp3) is 0.455. The number of alkyl halides is 2. The van der Waals surface area contributed by atoms with E-state index in [1.165, 1.54) is 0 Å². The van der Waals surface area contributed by atoms with E-state index in [-0.39, 0.29) is 11.3 Å². The molecule has 0 amide bonds. The fourth-order valence-corrected chi connectivity index (χ4v) is 1.16. The number of nitrogens with zero attached hydrogens (tertiary/aromatic N) is 1. The van der Waals surface area contributed by atoms with Gasteiger partial charge in [0.25, 0.3) is 6.43 Å². The highest BCUT2D eigenvalue weighted by molar-refractivity contribution is 5.91. The number of nitrogens with two attached hydrogens (primary N) is 1. The van der Waals surface area contributed by atoms with Crippen LogP contribution in [0.2, 0.25) is 0 Å². The Hall–Kier alpha value is -1.72. The number of rotatable bonds is 2. The van der Waals surface area contributed by atoms with E-state index in [1.807, 2.05) is 0 Å². The normalized spacial score (nSPS) is 11.6. The van der Waals surface area contributed by atoms with Crippen molar-refractivity contribution in [2.24, 2.45) is 0 Å². The Bertz CT molecular complexity index is 428. The first-order valence-corrected chi connectivity index (χ1v) is 4.97. The van der Waals surface area contributed by atoms with Crippen LogP contribution in [0.3, 0.4) is 0 Å². The van der Waals surface area contributed by atoms with Crippen LogP contribution in [-0.4, -0.2) is 16.6 Å². The van der Waals surface area contributed by atoms with Crippen LogP contribution in [-0.2, 0) is 4.74 Å². The monoisotopic (exact) mass is 244 g/mol. The van der Waals surface area contributed by atoms with Crippen LogP contribution in [0.1, 0.15) is 43.2 Å². The molecule has 0 radical (unpaired) electrons. The molecule has 0 spiro atoms. The molecule has 1 heterocycles. The first-order chi connectivity index (χ1) is 7.70. The molecule has 0 saturated carbocycles. The van der Waals surface area contributed by atoms with Crippen molar-refractivity contribution in [2.45, 2.75) is 32.8 Å². The molecule has 94 valence electrons. The van der Waals surface area contributed by atoms with Crippen molar-refractivity contribution in [1.82, 2.24) is 4.98 Å². The fourth-order valence-electron chi connectivity index (χ4n) is 1.16. The van der Waals surface area contributed by atoms with Crippen molar-refractivity contribution in [3.8, 4) is 0 Å². The van der Waals surface area contributed by atoms with Gasteiger partial charge in [0.15, 0.2) is 0 Å². The van der Waals surface area contributed by atoms with Gasteiger partial charge in [-0.3, -0.25) is 4.98 Å². The van der Waals surface area contributed by atoms with E-state index < -0.39 is 23.7 Å². The molecule has 0 aliphatic carbocycles. The molecule has 2 N–H and O–H groups in total. The Morgan fingerprint density at radius 1 is 1.47 bits per heavy atom. The highest BCUT2D eigenvalue weighted by Crippen LogP contribution is 2.24.